The number of hydrogen-bond acceptors (Lipinski definition) is 9. The van der Waals surface area contributed by atoms with Crippen LogP contribution in [0.5, 0.6) is 0 Å². The van der Waals surface area contributed by atoms with E-state index < -0.39 is 30.8 Å². The fourth-order valence-corrected chi connectivity index (χ4v) is 1.46. The molecule has 15 heavy (non-hydrogen) atoms. The number of ether oxygens (including phenoxy) is 1. The Balaban J connectivity index is 2.75. The van der Waals surface area contributed by atoms with Crippen molar-refractivity contribution >= 4 is 0 Å². The molecule has 4 atom stereocenters. The van der Waals surface area contributed by atoms with E-state index in [1.165, 1.54) is 0 Å². The van der Waals surface area contributed by atoms with E-state index in [1.54, 1.807) is 0 Å². The number of rotatable bonds is 6. The van der Waals surface area contributed by atoms with Gasteiger partial charge in [-0.15, -0.1) is 0 Å². The van der Waals surface area contributed by atoms with Crippen molar-refractivity contribution in [2.45, 2.75) is 24.2 Å². The molecule has 0 N–H and O–H groups in total. The van der Waals surface area contributed by atoms with Gasteiger partial charge in [0.05, 0.1) is 6.61 Å². The van der Waals surface area contributed by atoms with Crippen LogP contribution in [0.25, 0.3) is 0 Å². The molecule has 9 heteroatoms. The average Bonchev–Trinajstić information content (AvgIpc) is 2.68. The number of nitrogens with zero attached hydrogens (tertiary/aromatic N) is 4. The van der Waals surface area contributed by atoms with Gasteiger partial charge in [0, 0.05) is 0 Å². The summed E-state index contributed by atoms with van der Waals surface area (Å²) in [5.74, 6) is 0. The van der Waals surface area contributed by atoms with E-state index in [4.69, 9.17) is 4.74 Å². The maximum atomic E-state index is 10.4. The second-order valence-electron chi connectivity index (χ2n) is 3.05. The Bertz CT molecular complexity index is 272. The highest BCUT2D eigenvalue weighted by Gasteiger charge is 2.45. The molecule has 0 amide bonds. The average molecular weight is 216 g/mol. The largest absolute Gasteiger partial charge is 0.371 e. The van der Waals surface area contributed by atoms with Crippen molar-refractivity contribution in [2.75, 3.05) is 13.2 Å². The molecule has 0 spiro atoms. The maximum absolute atomic E-state index is 10.4. The topological polar surface area (TPSA) is 127 Å². The molecule has 0 aromatic rings. The van der Waals surface area contributed by atoms with E-state index in [9.17, 15) is 19.6 Å². The lowest BCUT2D eigenvalue weighted by Gasteiger charge is -2.15. The summed E-state index contributed by atoms with van der Waals surface area (Å²) < 4.78 is 4.99. The highest BCUT2D eigenvalue weighted by molar-refractivity contribution is 4.99. The van der Waals surface area contributed by atoms with Crippen LogP contribution >= 0.6 is 0 Å². The zero-order valence-electron chi connectivity index (χ0n) is 7.55. The first-order valence-electron chi connectivity index (χ1n) is 4.16. The molecule has 1 aliphatic heterocycles. The highest BCUT2D eigenvalue weighted by Crippen LogP contribution is 2.24. The lowest BCUT2D eigenvalue weighted by Crippen LogP contribution is -2.37. The Labute approximate surface area is 83.5 Å². The van der Waals surface area contributed by atoms with Crippen LogP contribution in [0.1, 0.15) is 0 Å². The van der Waals surface area contributed by atoms with Crippen molar-refractivity contribution in [3.8, 4) is 0 Å². The van der Waals surface area contributed by atoms with Crippen LogP contribution in [-0.2, 0) is 4.74 Å². The molecule has 1 aliphatic rings. The summed E-state index contributed by atoms with van der Waals surface area (Å²) in [7, 11) is 0. The fourth-order valence-electron chi connectivity index (χ4n) is 1.46. The van der Waals surface area contributed by atoms with Crippen molar-refractivity contribution in [1.82, 2.24) is 0 Å². The van der Waals surface area contributed by atoms with Gasteiger partial charge in [-0.25, -0.2) is 0 Å². The van der Waals surface area contributed by atoms with Crippen LogP contribution in [0, 0.1) is 19.6 Å². The molecule has 0 bridgehead atoms. The van der Waals surface area contributed by atoms with Crippen molar-refractivity contribution in [3.05, 3.63) is 19.6 Å². The Morgan fingerprint density at radius 2 is 1.93 bits per heavy atom. The van der Waals surface area contributed by atoms with Gasteiger partial charge in [-0.05, 0) is 0 Å². The Morgan fingerprint density at radius 1 is 1.20 bits per heavy atom. The highest BCUT2D eigenvalue weighted by atomic mass is 16.5. The summed E-state index contributed by atoms with van der Waals surface area (Å²) in [6.07, 6.45) is -0.986. The maximum Gasteiger partial charge on any atom is 0.148 e. The smallest absolute Gasteiger partial charge is 0.148 e. The Morgan fingerprint density at radius 3 is 2.40 bits per heavy atom. The summed E-state index contributed by atoms with van der Waals surface area (Å²) in [6, 6.07) is -3.10. The summed E-state index contributed by atoms with van der Waals surface area (Å²) in [5, 5.41) is 10.4. The summed E-state index contributed by atoms with van der Waals surface area (Å²) >= 11 is 0. The van der Waals surface area contributed by atoms with Gasteiger partial charge >= 0.3 is 0 Å². The Hall–Kier alpha value is -1.64. The monoisotopic (exact) mass is 216 g/mol. The molecule has 1 heterocycles. The zero-order valence-corrected chi connectivity index (χ0v) is 7.55. The van der Waals surface area contributed by atoms with Gasteiger partial charge < -0.3 is 4.74 Å². The van der Waals surface area contributed by atoms with E-state index in [0.717, 1.165) is 0 Å². The molecule has 82 valence electrons. The van der Waals surface area contributed by atoms with E-state index in [2.05, 4.69) is 20.7 Å². The number of nitroso groups, excluding NO2 is 4. The molecular formula is C6H8N4O5. The first-order chi connectivity index (χ1) is 7.28. The standard InChI is InChI=1S/C6H8N4O5/c11-7-1-3(8-12)6-5(10-14)4(9-13)2-15-6/h3-6H,1-2H2. The number of hydrogen-bond donors (Lipinski definition) is 0. The third-order valence-corrected chi connectivity index (χ3v) is 2.22. The minimum absolute atomic E-state index is 0.102. The quantitative estimate of drug-likeness (QED) is 0.599. The third kappa shape index (κ3) is 2.24. The second kappa shape index (κ2) is 5.29. The van der Waals surface area contributed by atoms with Crippen molar-refractivity contribution in [1.29, 1.82) is 0 Å². The van der Waals surface area contributed by atoms with Crippen LogP contribution in [0.15, 0.2) is 20.7 Å². The van der Waals surface area contributed by atoms with E-state index in [-0.39, 0.29) is 6.61 Å². The van der Waals surface area contributed by atoms with Gasteiger partial charge in [-0.2, -0.15) is 19.6 Å². The molecule has 0 aromatic heterocycles. The van der Waals surface area contributed by atoms with E-state index in [0.29, 0.717) is 0 Å². The molecular weight excluding hydrogens is 208 g/mol. The summed E-state index contributed by atoms with van der Waals surface area (Å²) in [6.45, 7) is -0.513. The van der Waals surface area contributed by atoms with Gasteiger partial charge in [-0.1, -0.05) is 20.7 Å². The lowest BCUT2D eigenvalue weighted by molar-refractivity contribution is 0.0850. The predicted octanol–water partition coefficient (Wildman–Crippen LogP) is 0.557. The van der Waals surface area contributed by atoms with Crippen molar-refractivity contribution in [3.63, 3.8) is 0 Å². The Kier molecular flexibility index (Phi) is 4.03. The first-order valence-corrected chi connectivity index (χ1v) is 4.16. The van der Waals surface area contributed by atoms with Crippen LogP contribution in [-0.4, -0.2) is 37.4 Å². The van der Waals surface area contributed by atoms with E-state index >= 15 is 0 Å². The van der Waals surface area contributed by atoms with Crippen LogP contribution in [0.4, 0.5) is 0 Å². The van der Waals surface area contributed by atoms with Gasteiger partial charge in [-0.3, -0.25) is 0 Å². The predicted molar refractivity (Wildman–Crippen MR) is 49.2 cm³/mol. The van der Waals surface area contributed by atoms with Gasteiger partial charge in [0.2, 0.25) is 0 Å². The minimum atomic E-state index is -1.10. The molecule has 1 saturated heterocycles. The zero-order chi connectivity index (χ0) is 11.3. The molecule has 1 rings (SSSR count). The molecule has 0 aromatic carbocycles. The van der Waals surface area contributed by atoms with Crippen LogP contribution < -0.4 is 0 Å². The lowest BCUT2D eigenvalue weighted by atomic mass is 10.0. The normalized spacial score (nSPS) is 31.9. The molecule has 9 nitrogen and oxygen atoms in total. The second-order valence-corrected chi connectivity index (χ2v) is 3.05. The van der Waals surface area contributed by atoms with Crippen molar-refractivity contribution < 1.29 is 4.74 Å². The van der Waals surface area contributed by atoms with Crippen LogP contribution in [0.3, 0.4) is 0 Å². The fraction of sp³-hybridized carbons (Fsp3) is 1.00. The minimum Gasteiger partial charge on any atom is -0.371 e. The third-order valence-electron chi connectivity index (χ3n) is 2.22. The first kappa shape index (κ1) is 11.4. The van der Waals surface area contributed by atoms with Gasteiger partial charge in [0.1, 0.15) is 30.8 Å². The van der Waals surface area contributed by atoms with Crippen molar-refractivity contribution in [2.24, 2.45) is 20.7 Å². The van der Waals surface area contributed by atoms with Crippen LogP contribution in [0.2, 0.25) is 0 Å². The van der Waals surface area contributed by atoms with E-state index in [1.807, 2.05) is 0 Å². The molecule has 0 radical (unpaired) electrons. The molecule has 1 fully saturated rings. The molecule has 0 aliphatic carbocycles. The van der Waals surface area contributed by atoms with Gasteiger partial charge in [0.15, 0.2) is 0 Å². The molecule has 4 unspecified atom stereocenters. The molecule has 0 saturated carbocycles. The SMILES string of the molecule is O=NCC(N=O)C1OCC(N=O)C1N=O. The summed E-state index contributed by atoms with van der Waals surface area (Å²) in [4.78, 5) is 41.0. The van der Waals surface area contributed by atoms with Gasteiger partial charge in [0.25, 0.3) is 0 Å². The summed E-state index contributed by atoms with van der Waals surface area (Å²) in [5.41, 5.74) is 0.